The number of carbonyl (C=O) groups is 2. The second-order valence-corrected chi connectivity index (χ2v) is 8.77. The fourth-order valence-electron chi connectivity index (χ4n) is 3.91. The highest BCUT2D eigenvalue weighted by molar-refractivity contribution is 7.13. The van der Waals surface area contributed by atoms with E-state index in [0.717, 1.165) is 16.1 Å². The molecule has 2 aromatic carbocycles. The van der Waals surface area contributed by atoms with E-state index >= 15 is 0 Å². The summed E-state index contributed by atoms with van der Waals surface area (Å²) in [5, 5.41) is 12.4. The first kappa shape index (κ1) is 21.7. The molecule has 0 spiro atoms. The summed E-state index contributed by atoms with van der Waals surface area (Å²) in [7, 11) is 0. The van der Waals surface area contributed by atoms with Gasteiger partial charge in [-0.1, -0.05) is 54.6 Å². The molecule has 1 aliphatic rings. The van der Waals surface area contributed by atoms with E-state index in [9.17, 15) is 9.59 Å². The number of carbonyl (C=O) groups excluding carboxylic acids is 2. The average molecular weight is 471 g/mol. The van der Waals surface area contributed by atoms with Crippen LogP contribution in [0.25, 0.3) is 16.3 Å². The van der Waals surface area contributed by atoms with Crippen molar-refractivity contribution in [1.29, 1.82) is 0 Å². The Kier molecular flexibility index (Phi) is 5.97. The number of aromatic nitrogens is 2. The summed E-state index contributed by atoms with van der Waals surface area (Å²) in [6.45, 7) is 1.84. The number of urea groups is 1. The van der Waals surface area contributed by atoms with Crippen LogP contribution in [0.1, 0.15) is 24.1 Å². The van der Waals surface area contributed by atoms with Crippen LogP contribution >= 0.6 is 11.3 Å². The maximum Gasteiger partial charge on any atom is 0.338 e. The molecule has 2 amide bonds. The van der Waals surface area contributed by atoms with Crippen molar-refractivity contribution < 1.29 is 14.3 Å². The summed E-state index contributed by atoms with van der Waals surface area (Å²) >= 11 is 1.55. The molecular formula is C26H22N4O3S. The molecule has 2 aromatic heterocycles. The molecule has 8 heteroatoms. The molecule has 0 radical (unpaired) electrons. The fraction of sp³-hybridized carbons (Fsp3) is 0.115. The predicted octanol–water partition coefficient (Wildman–Crippen LogP) is 4.97. The molecule has 7 nitrogen and oxygen atoms in total. The second kappa shape index (κ2) is 9.36. The molecule has 0 bridgehead atoms. The first-order valence-corrected chi connectivity index (χ1v) is 11.7. The van der Waals surface area contributed by atoms with Gasteiger partial charge in [0.2, 0.25) is 0 Å². The molecular weight excluding hydrogens is 448 g/mol. The number of para-hydroxylation sites is 1. The summed E-state index contributed by atoms with van der Waals surface area (Å²) in [6.07, 6.45) is 1.86. The molecule has 1 aliphatic heterocycles. The minimum absolute atomic E-state index is 0.137. The van der Waals surface area contributed by atoms with Gasteiger partial charge in [0.15, 0.2) is 0 Å². The highest BCUT2D eigenvalue weighted by atomic mass is 32.1. The van der Waals surface area contributed by atoms with Crippen molar-refractivity contribution in [3.05, 3.63) is 107 Å². The Morgan fingerprint density at radius 3 is 2.50 bits per heavy atom. The number of nitrogens with one attached hydrogen (secondary N) is 2. The van der Waals surface area contributed by atoms with Gasteiger partial charge in [0.25, 0.3) is 0 Å². The standard InChI is InChI=1S/C26H22N4O3S/c1-17-22(25(31)33-16-18-9-4-2-5-10-18)24(28-26(32)27-17)20-15-30(19-11-6-3-7-12-19)29-23(20)21-13-8-14-34-21/h2-15,24H,16H2,1H3,(H2,27,28,32). The van der Waals surface area contributed by atoms with Gasteiger partial charge < -0.3 is 15.4 Å². The monoisotopic (exact) mass is 470 g/mol. The van der Waals surface area contributed by atoms with Crippen molar-refractivity contribution in [3.8, 4) is 16.3 Å². The lowest BCUT2D eigenvalue weighted by Crippen LogP contribution is -2.45. The van der Waals surface area contributed by atoms with Gasteiger partial charge in [-0.15, -0.1) is 11.3 Å². The summed E-state index contributed by atoms with van der Waals surface area (Å²) in [6, 6.07) is 22.0. The summed E-state index contributed by atoms with van der Waals surface area (Å²) in [5.41, 5.74) is 3.98. The minimum Gasteiger partial charge on any atom is -0.457 e. The number of rotatable bonds is 6. The number of thiophene rings is 1. The van der Waals surface area contributed by atoms with E-state index < -0.39 is 12.0 Å². The topological polar surface area (TPSA) is 85.2 Å². The van der Waals surface area contributed by atoms with Gasteiger partial charge in [-0.3, -0.25) is 0 Å². The van der Waals surface area contributed by atoms with Crippen molar-refractivity contribution in [2.75, 3.05) is 0 Å². The maximum absolute atomic E-state index is 13.3. The number of esters is 1. The molecule has 170 valence electrons. The van der Waals surface area contributed by atoms with Gasteiger partial charge in [-0.25, -0.2) is 14.3 Å². The molecule has 0 fully saturated rings. The lowest BCUT2D eigenvalue weighted by Gasteiger charge is -2.27. The first-order valence-electron chi connectivity index (χ1n) is 10.8. The van der Waals surface area contributed by atoms with Gasteiger partial charge >= 0.3 is 12.0 Å². The van der Waals surface area contributed by atoms with Crippen LogP contribution in [0.5, 0.6) is 0 Å². The molecule has 3 heterocycles. The molecule has 0 aliphatic carbocycles. The average Bonchev–Trinajstić information content (AvgIpc) is 3.53. The number of ether oxygens (including phenoxy) is 1. The molecule has 4 aromatic rings. The minimum atomic E-state index is -0.716. The van der Waals surface area contributed by atoms with Crippen molar-refractivity contribution in [1.82, 2.24) is 20.4 Å². The summed E-state index contributed by atoms with van der Waals surface area (Å²) in [4.78, 5) is 26.6. The molecule has 1 atom stereocenters. The number of nitrogens with zero attached hydrogens (tertiary/aromatic N) is 2. The van der Waals surface area contributed by atoms with Crippen LogP contribution in [0.15, 0.2) is 95.6 Å². The number of amides is 2. The van der Waals surface area contributed by atoms with E-state index in [-0.39, 0.29) is 12.6 Å². The van der Waals surface area contributed by atoms with E-state index in [1.54, 1.807) is 22.9 Å². The third kappa shape index (κ3) is 4.35. The van der Waals surface area contributed by atoms with Crippen LogP contribution in [0.2, 0.25) is 0 Å². The third-order valence-electron chi connectivity index (χ3n) is 5.53. The lowest BCUT2D eigenvalue weighted by molar-refractivity contribution is -0.140. The zero-order valence-electron chi connectivity index (χ0n) is 18.4. The zero-order valence-corrected chi connectivity index (χ0v) is 19.2. The molecule has 0 saturated heterocycles. The third-order valence-corrected chi connectivity index (χ3v) is 6.41. The second-order valence-electron chi connectivity index (χ2n) is 7.82. The van der Waals surface area contributed by atoms with E-state index in [1.165, 1.54) is 0 Å². The Labute approximate surface area is 200 Å². The van der Waals surface area contributed by atoms with Crippen molar-refractivity contribution >= 4 is 23.3 Å². The Bertz CT molecular complexity index is 1350. The van der Waals surface area contributed by atoms with Gasteiger partial charge in [0, 0.05) is 17.5 Å². The van der Waals surface area contributed by atoms with Crippen LogP contribution in [-0.4, -0.2) is 21.8 Å². The van der Waals surface area contributed by atoms with Crippen LogP contribution in [0.4, 0.5) is 4.79 Å². The van der Waals surface area contributed by atoms with Gasteiger partial charge in [0.1, 0.15) is 12.3 Å². The van der Waals surface area contributed by atoms with Crippen LogP contribution in [-0.2, 0) is 16.1 Å². The summed E-state index contributed by atoms with van der Waals surface area (Å²) < 4.78 is 7.40. The highest BCUT2D eigenvalue weighted by Crippen LogP contribution is 2.36. The van der Waals surface area contributed by atoms with Gasteiger partial charge in [0.05, 0.1) is 22.2 Å². The maximum atomic E-state index is 13.3. The van der Waals surface area contributed by atoms with Crippen molar-refractivity contribution in [3.63, 3.8) is 0 Å². The largest absolute Gasteiger partial charge is 0.457 e. The highest BCUT2D eigenvalue weighted by Gasteiger charge is 2.35. The SMILES string of the molecule is CC1=C(C(=O)OCc2ccccc2)C(c2cn(-c3ccccc3)nc2-c2cccs2)NC(=O)N1. The molecule has 2 N–H and O–H groups in total. The molecule has 5 rings (SSSR count). The lowest BCUT2D eigenvalue weighted by atomic mass is 9.95. The number of allylic oxidation sites excluding steroid dienone is 1. The van der Waals surface area contributed by atoms with Crippen molar-refractivity contribution in [2.45, 2.75) is 19.6 Å². The molecule has 1 unspecified atom stereocenters. The van der Waals surface area contributed by atoms with Crippen LogP contribution in [0.3, 0.4) is 0 Å². The number of hydrogen-bond acceptors (Lipinski definition) is 5. The number of benzene rings is 2. The van der Waals surface area contributed by atoms with Gasteiger partial charge in [-0.05, 0) is 36.1 Å². The predicted molar refractivity (Wildman–Crippen MR) is 130 cm³/mol. The zero-order chi connectivity index (χ0) is 23.5. The Morgan fingerprint density at radius 1 is 1.06 bits per heavy atom. The fourth-order valence-corrected chi connectivity index (χ4v) is 4.65. The Balaban J connectivity index is 1.55. The van der Waals surface area contributed by atoms with Gasteiger partial charge in [-0.2, -0.15) is 5.10 Å². The van der Waals surface area contributed by atoms with E-state index in [2.05, 4.69) is 10.6 Å². The normalized spacial score (nSPS) is 15.6. The molecule has 34 heavy (non-hydrogen) atoms. The Morgan fingerprint density at radius 2 is 1.79 bits per heavy atom. The summed E-state index contributed by atoms with van der Waals surface area (Å²) in [5.74, 6) is -0.497. The number of hydrogen-bond donors (Lipinski definition) is 2. The molecule has 0 saturated carbocycles. The Hall–Kier alpha value is -4.17. The first-order chi connectivity index (χ1) is 16.6. The van der Waals surface area contributed by atoms with E-state index in [0.29, 0.717) is 22.5 Å². The van der Waals surface area contributed by atoms with Crippen LogP contribution in [0, 0.1) is 0 Å². The van der Waals surface area contributed by atoms with Crippen LogP contribution < -0.4 is 10.6 Å². The van der Waals surface area contributed by atoms with E-state index in [4.69, 9.17) is 9.84 Å². The van der Waals surface area contributed by atoms with Crippen molar-refractivity contribution in [2.24, 2.45) is 0 Å². The van der Waals surface area contributed by atoms with E-state index in [1.807, 2.05) is 84.4 Å². The quantitative estimate of drug-likeness (QED) is 0.390. The smallest absolute Gasteiger partial charge is 0.338 e.